The number of ketones is 1. The Balaban J connectivity index is 2.62. The number of carbonyl (C=O) groups is 1. The van der Waals surface area contributed by atoms with Crippen LogP contribution in [0.4, 0.5) is 13.2 Å². The first-order valence-corrected chi connectivity index (χ1v) is 4.75. The fourth-order valence-electron chi connectivity index (χ4n) is 1.01. The normalized spacial score (nSPS) is 11.2. The molecule has 0 spiro atoms. The molecule has 1 aromatic rings. The van der Waals surface area contributed by atoms with Gasteiger partial charge in [0.2, 0.25) is 0 Å². The Bertz CT molecular complexity index is 354. The van der Waals surface area contributed by atoms with E-state index in [0.29, 0.717) is 6.42 Å². The topological polar surface area (TPSA) is 26.3 Å². The Hall–Kier alpha value is -1.52. The molecule has 0 saturated heterocycles. The van der Waals surface area contributed by atoms with E-state index in [0.717, 1.165) is 12.1 Å². The second-order valence-corrected chi connectivity index (χ2v) is 3.20. The van der Waals surface area contributed by atoms with E-state index in [9.17, 15) is 18.0 Å². The molecule has 16 heavy (non-hydrogen) atoms. The monoisotopic (exact) mass is 232 g/mol. The Morgan fingerprint density at radius 3 is 2.25 bits per heavy atom. The standard InChI is InChI=1S/C11H11F3O2/c1-2-9(15)7-16-10-5-3-8(4-6-10)11(12,13)14/h3-6H,2,7H2,1H3. The summed E-state index contributed by atoms with van der Waals surface area (Å²) >= 11 is 0. The SMILES string of the molecule is CCC(=O)COc1ccc(C(F)(F)F)cc1. The highest BCUT2D eigenvalue weighted by molar-refractivity contribution is 5.79. The number of ether oxygens (including phenoxy) is 1. The highest BCUT2D eigenvalue weighted by Gasteiger charge is 2.29. The minimum absolute atomic E-state index is 0.0973. The Morgan fingerprint density at radius 1 is 1.25 bits per heavy atom. The van der Waals surface area contributed by atoms with Crippen molar-refractivity contribution in [2.45, 2.75) is 19.5 Å². The molecule has 0 N–H and O–H groups in total. The van der Waals surface area contributed by atoms with Crippen molar-refractivity contribution in [1.82, 2.24) is 0 Å². The highest BCUT2D eigenvalue weighted by atomic mass is 19.4. The fraction of sp³-hybridized carbons (Fsp3) is 0.364. The number of halogens is 3. The van der Waals surface area contributed by atoms with Gasteiger partial charge in [0.05, 0.1) is 5.56 Å². The molecule has 0 unspecified atom stereocenters. The van der Waals surface area contributed by atoms with Crippen molar-refractivity contribution in [2.75, 3.05) is 6.61 Å². The quantitative estimate of drug-likeness (QED) is 0.797. The summed E-state index contributed by atoms with van der Waals surface area (Å²) in [4.78, 5) is 10.9. The van der Waals surface area contributed by atoms with Gasteiger partial charge in [-0.05, 0) is 24.3 Å². The van der Waals surface area contributed by atoms with Crippen molar-refractivity contribution < 1.29 is 22.7 Å². The number of Topliss-reactive ketones (excluding diaryl/α,β-unsaturated/α-hetero) is 1. The molecule has 0 amide bonds. The molecular weight excluding hydrogens is 221 g/mol. The lowest BCUT2D eigenvalue weighted by Gasteiger charge is -2.08. The van der Waals surface area contributed by atoms with Crippen LogP contribution in [-0.2, 0) is 11.0 Å². The zero-order chi connectivity index (χ0) is 12.2. The lowest BCUT2D eigenvalue weighted by Crippen LogP contribution is -2.10. The van der Waals surface area contributed by atoms with E-state index in [1.807, 2.05) is 0 Å². The number of alkyl halides is 3. The van der Waals surface area contributed by atoms with Gasteiger partial charge in [0.15, 0.2) is 5.78 Å². The van der Waals surface area contributed by atoms with Gasteiger partial charge in [0.25, 0.3) is 0 Å². The molecule has 0 aromatic heterocycles. The van der Waals surface area contributed by atoms with Crippen LogP contribution in [-0.4, -0.2) is 12.4 Å². The number of hydrogen-bond donors (Lipinski definition) is 0. The molecule has 0 aliphatic heterocycles. The second-order valence-electron chi connectivity index (χ2n) is 3.20. The molecule has 1 aromatic carbocycles. The largest absolute Gasteiger partial charge is 0.486 e. The number of carbonyl (C=O) groups excluding carboxylic acids is 1. The molecule has 0 bridgehead atoms. The van der Waals surface area contributed by atoms with Crippen molar-refractivity contribution in [3.05, 3.63) is 29.8 Å². The van der Waals surface area contributed by atoms with E-state index in [1.165, 1.54) is 12.1 Å². The van der Waals surface area contributed by atoms with Crippen LogP contribution < -0.4 is 4.74 Å². The molecule has 0 saturated carbocycles. The lowest BCUT2D eigenvalue weighted by atomic mass is 10.2. The van der Waals surface area contributed by atoms with Crippen molar-refractivity contribution in [3.8, 4) is 5.75 Å². The van der Waals surface area contributed by atoms with Crippen LogP contribution >= 0.6 is 0 Å². The first-order valence-electron chi connectivity index (χ1n) is 4.75. The summed E-state index contributed by atoms with van der Waals surface area (Å²) in [5.74, 6) is 0.162. The molecule has 2 nitrogen and oxygen atoms in total. The molecule has 5 heteroatoms. The molecule has 1 rings (SSSR count). The number of benzene rings is 1. The fourth-order valence-corrected chi connectivity index (χ4v) is 1.01. The van der Waals surface area contributed by atoms with Crippen LogP contribution in [0.25, 0.3) is 0 Å². The molecule has 0 heterocycles. The number of hydrogen-bond acceptors (Lipinski definition) is 2. The predicted molar refractivity (Wildman–Crippen MR) is 52.2 cm³/mol. The van der Waals surface area contributed by atoms with Gasteiger partial charge in [-0.15, -0.1) is 0 Å². The Morgan fingerprint density at radius 2 is 1.81 bits per heavy atom. The third-order valence-electron chi connectivity index (χ3n) is 1.98. The average Bonchev–Trinajstić information content (AvgIpc) is 2.25. The maximum atomic E-state index is 12.2. The summed E-state index contributed by atoms with van der Waals surface area (Å²) in [5, 5.41) is 0. The molecule has 0 fully saturated rings. The Kier molecular flexibility index (Phi) is 3.93. The van der Waals surface area contributed by atoms with Crippen LogP contribution in [0.15, 0.2) is 24.3 Å². The van der Waals surface area contributed by atoms with Crippen LogP contribution in [0.1, 0.15) is 18.9 Å². The van der Waals surface area contributed by atoms with Crippen molar-refractivity contribution in [2.24, 2.45) is 0 Å². The third-order valence-corrected chi connectivity index (χ3v) is 1.98. The predicted octanol–water partition coefficient (Wildman–Crippen LogP) is 3.06. The summed E-state index contributed by atoms with van der Waals surface area (Å²) in [5.41, 5.74) is -0.735. The van der Waals surface area contributed by atoms with E-state index in [4.69, 9.17) is 4.74 Å². The van der Waals surface area contributed by atoms with E-state index in [1.54, 1.807) is 6.92 Å². The minimum Gasteiger partial charge on any atom is -0.486 e. The van der Waals surface area contributed by atoms with E-state index in [2.05, 4.69) is 0 Å². The molecular formula is C11H11F3O2. The van der Waals surface area contributed by atoms with Crippen LogP contribution in [0, 0.1) is 0 Å². The van der Waals surface area contributed by atoms with Gasteiger partial charge in [-0.1, -0.05) is 6.92 Å². The smallest absolute Gasteiger partial charge is 0.416 e. The van der Waals surface area contributed by atoms with Crippen molar-refractivity contribution in [3.63, 3.8) is 0 Å². The summed E-state index contributed by atoms with van der Waals surface area (Å²) < 4.78 is 41.6. The van der Waals surface area contributed by atoms with Crippen LogP contribution in [0.2, 0.25) is 0 Å². The maximum Gasteiger partial charge on any atom is 0.416 e. The van der Waals surface area contributed by atoms with Gasteiger partial charge >= 0.3 is 6.18 Å². The van der Waals surface area contributed by atoms with Gasteiger partial charge in [-0.25, -0.2) is 0 Å². The molecule has 0 aliphatic rings. The van der Waals surface area contributed by atoms with Crippen LogP contribution in [0.5, 0.6) is 5.75 Å². The first kappa shape index (κ1) is 12.5. The van der Waals surface area contributed by atoms with Gasteiger partial charge < -0.3 is 4.74 Å². The highest BCUT2D eigenvalue weighted by Crippen LogP contribution is 2.30. The third kappa shape index (κ3) is 3.56. The Labute approximate surface area is 91.0 Å². The van der Waals surface area contributed by atoms with Crippen LogP contribution in [0.3, 0.4) is 0 Å². The van der Waals surface area contributed by atoms with E-state index in [-0.39, 0.29) is 18.1 Å². The molecule has 88 valence electrons. The summed E-state index contributed by atoms with van der Waals surface area (Å²) in [6.07, 6.45) is -4.00. The van der Waals surface area contributed by atoms with E-state index >= 15 is 0 Å². The average molecular weight is 232 g/mol. The second kappa shape index (κ2) is 5.01. The molecule has 0 radical (unpaired) electrons. The van der Waals surface area contributed by atoms with E-state index < -0.39 is 11.7 Å². The summed E-state index contributed by atoms with van der Waals surface area (Å²) in [6, 6.07) is 4.25. The lowest BCUT2D eigenvalue weighted by molar-refractivity contribution is -0.137. The van der Waals surface area contributed by atoms with Gasteiger partial charge in [0, 0.05) is 6.42 Å². The summed E-state index contributed by atoms with van der Waals surface area (Å²) in [6.45, 7) is 1.58. The number of rotatable bonds is 4. The molecule has 0 aliphatic carbocycles. The zero-order valence-corrected chi connectivity index (χ0v) is 8.67. The molecule has 0 atom stereocenters. The zero-order valence-electron chi connectivity index (χ0n) is 8.67. The minimum atomic E-state index is -4.35. The maximum absolute atomic E-state index is 12.2. The van der Waals surface area contributed by atoms with Gasteiger partial charge in [-0.2, -0.15) is 13.2 Å². The summed E-state index contributed by atoms with van der Waals surface area (Å²) in [7, 11) is 0. The van der Waals surface area contributed by atoms with Crippen molar-refractivity contribution >= 4 is 5.78 Å². The van der Waals surface area contributed by atoms with Gasteiger partial charge in [-0.3, -0.25) is 4.79 Å². The van der Waals surface area contributed by atoms with Crippen molar-refractivity contribution in [1.29, 1.82) is 0 Å². The van der Waals surface area contributed by atoms with Gasteiger partial charge in [0.1, 0.15) is 12.4 Å². The first-order chi connectivity index (χ1) is 7.43.